The van der Waals surface area contributed by atoms with E-state index in [1.807, 2.05) is 24.0 Å². The van der Waals surface area contributed by atoms with Gasteiger partial charge in [-0.15, -0.1) is 0 Å². The third kappa shape index (κ3) is 4.98. The van der Waals surface area contributed by atoms with Crippen LogP contribution in [0.3, 0.4) is 0 Å². The van der Waals surface area contributed by atoms with Crippen molar-refractivity contribution in [2.24, 2.45) is 12.0 Å². The molecule has 1 aliphatic heterocycles. The van der Waals surface area contributed by atoms with Crippen molar-refractivity contribution in [3.05, 3.63) is 36.4 Å². The number of piperazine rings is 1. The van der Waals surface area contributed by atoms with Gasteiger partial charge in [-0.3, -0.25) is 9.67 Å². The van der Waals surface area contributed by atoms with Crippen LogP contribution < -0.4 is 10.2 Å². The molecule has 3 rings (SSSR count). The molecule has 0 amide bonds. The fourth-order valence-electron chi connectivity index (χ4n) is 3.35. The number of likely N-dealkylation sites (N-methyl/N-ethyl adjacent to an activating group) is 1. The maximum Gasteiger partial charge on any atom is 0.225 e. The molecule has 1 unspecified atom stereocenters. The maximum atomic E-state index is 4.95. The van der Waals surface area contributed by atoms with Crippen molar-refractivity contribution in [3.8, 4) is 0 Å². The van der Waals surface area contributed by atoms with Gasteiger partial charge in [0.25, 0.3) is 0 Å². The standard InChI is InChI=1S/C19H31N9/c1-5-20-18(23-14-17(25(2)3)16-13-24-26(4)15-16)27-9-11-28(12-10-27)19-21-7-6-8-22-19/h6-8,13,15,17H,5,9-12,14H2,1-4H3,(H,20,23). The van der Waals surface area contributed by atoms with Crippen LogP contribution in [0.1, 0.15) is 18.5 Å². The van der Waals surface area contributed by atoms with Crippen LogP contribution in [0.5, 0.6) is 0 Å². The number of hydrogen-bond donors (Lipinski definition) is 1. The van der Waals surface area contributed by atoms with E-state index in [2.05, 4.69) is 62.3 Å². The third-order valence-corrected chi connectivity index (χ3v) is 4.90. The van der Waals surface area contributed by atoms with Crippen molar-refractivity contribution in [1.29, 1.82) is 0 Å². The van der Waals surface area contributed by atoms with Gasteiger partial charge in [0.05, 0.1) is 18.8 Å². The number of rotatable bonds is 6. The molecule has 0 spiro atoms. The fourth-order valence-corrected chi connectivity index (χ4v) is 3.35. The van der Waals surface area contributed by atoms with Gasteiger partial charge in [0, 0.05) is 63.9 Å². The average Bonchev–Trinajstić information content (AvgIpc) is 3.14. The van der Waals surface area contributed by atoms with Crippen molar-refractivity contribution in [2.45, 2.75) is 13.0 Å². The van der Waals surface area contributed by atoms with Crippen LogP contribution in [0.25, 0.3) is 0 Å². The number of guanidine groups is 1. The Morgan fingerprint density at radius 2 is 1.93 bits per heavy atom. The lowest BCUT2D eigenvalue weighted by Gasteiger charge is -2.36. The first-order chi connectivity index (χ1) is 13.6. The molecular formula is C19H31N9. The van der Waals surface area contributed by atoms with E-state index in [0.717, 1.165) is 44.6 Å². The Balaban J connectivity index is 1.65. The summed E-state index contributed by atoms with van der Waals surface area (Å²) in [6.45, 7) is 7.19. The predicted molar refractivity (Wildman–Crippen MR) is 111 cm³/mol. The number of anilines is 1. The molecule has 1 fully saturated rings. The first-order valence-corrected chi connectivity index (χ1v) is 9.78. The Bertz CT molecular complexity index is 748. The highest BCUT2D eigenvalue weighted by molar-refractivity contribution is 5.80. The molecule has 28 heavy (non-hydrogen) atoms. The summed E-state index contributed by atoms with van der Waals surface area (Å²) in [7, 11) is 6.11. The van der Waals surface area contributed by atoms with Gasteiger partial charge in [0.2, 0.25) is 5.95 Å². The summed E-state index contributed by atoms with van der Waals surface area (Å²) in [5.41, 5.74) is 1.18. The van der Waals surface area contributed by atoms with Gasteiger partial charge in [0.1, 0.15) is 0 Å². The highest BCUT2D eigenvalue weighted by atomic mass is 15.4. The van der Waals surface area contributed by atoms with E-state index in [1.54, 1.807) is 12.4 Å². The molecule has 0 bridgehead atoms. The maximum absolute atomic E-state index is 4.95. The van der Waals surface area contributed by atoms with Gasteiger partial charge < -0.3 is 20.0 Å². The first kappa shape index (κ1) is 20.1. The van der Waals surface area contributed by atoms with Gasteiger partial charge in [-0.25, -0.2) is 9.97 Å². The number of nitrogens with one attached hydrogen (secondary N) is 1. The van der Waals surface area contributed by atoms with Gasteiger partial charge in [-0.1, -0.05) is 0 Å². The fraction of sp³-hybridized carbons (Fsp3) is 0.579. The average molecular weight is 386 g/mol. The monoisotopic (exact) mass is 385 g/mol. The Morgan fingerprint density at radius 3 is 2.50 bits per heavy atom. The number of nitrogens with zero attached hydrogens (tertiary/aromatic N) is 8. The van der Waals surface area contributed by atoms with Crippen molar-refractivity contribution in [2.75, 3.05) is 58.3 Å². The smallest absolute Gasteiger partial charge is 0.225 e. The summed E-state index contributed by atoms with van der Waals surface area (Å²) < 4.78 is 1.84. The molecular weight excluding hydrogens is 354 g/mol. The molecule has 1 N–H and O–H groups in total. The Labute approximate surface area is 167 Å². The molecule has 152 valence electrons. The number of aromatic nitrogens is 4. The Hall–Kier alpha value is -2.68. The minimum atomic E-state index is 0.196. The zero-order chi connectivity index (χ0) is 19.9. The lowest BCUT2D eigenvalue weighted by atomic mass is 10.1. The topological polar surface area (TPSA) is 77.7 Å². The lowest BCUT2D eigenvalue weighted by molar-refractivity contribution is 0.303. The first-order valence-electron chi connectivity index (χ1n) is 9.78. The minimum Gasteiger partial charge on any atom is -0.357 e. The summed E-state index contributed by atoms with van der Waals surface area (Å²) in [5.74, 6) is 1.76. The van der Waals surface area contributed by atoms with Crippen molar-refractivity contribution < 1.29 is 0 Å². The lowest BCUT2D eigenvalue weighted by Crippen LogP contribution is -2.53. The molecule has 1 atom stereocenters. The third-order valence-electron chi connectivity index (χ3n) is 4.90. The summed E-state index contributed by atoms with van der Waals surface area (Å²) >= 11 is 0. The van der Waals surface area contributed by atoms with Gasteiger partial charge in [-0.2, -0.15) is 5.10 Å². The van der Waals surface area contributed by atoms with Gasteiger partial charge >= 0.3 is 0 Å². The van der Waals surface area contributed by atoms with Gasteiger partial charge in [0.15, 0.2) is 5.96 Å². The molecule has 2 aromatic rings. The molecule has 0 radical (unpaired) electrons. The summed E-state index contributed by atoms with van der Waals surface area (Å²) in [4.78, 5) is 20.4. The molecule has 9 nitrogen and oxygen atoms in total. The summed E-state index contributed by atoms with van der Waals surface area (Å²) in [5, 5.41) is 7.75. The number of aryl methyl sites for hydroxylation is 1. The molecule has 9 heteroatoms. The SMILES string of the molecule is CCNC(=NCC(c1cnn(C)c1)N(C)C)N1CCN(c2ncccn2)CC1. The van der Waals surface area contributed by atoms with Crippen molar-refractivity contribution in [1.82, 2.24) is 34.9 Å². The highest BCUT2D eigenvalue weighted by Gasteiger charge is 2.22. The van der Waals surface area contributed by atoms with Crippen LogP contribution in [0, 0.1) is 0 Å². The van der Waals surface area contributed by atoms with E-state index in [4.69, 9.17) is 4.99 Å². The normalized spacial score (nSPS) is 16.5. The quantitative estimate of drug-likeness (QED) is 0.576. The Morgan fingerprint density at radius 1 is 1.21 bits per heavy atom. The van der Waals surface area contributed by atoms with Crippen LogP contribution in [0.4, 0.5) is 5.95 Å². The highest BCUT2D eigenvalue weighted by Crippen LogP contribution is 2.18. The minimum absolute atomic E-state index is 0.196. The molecule has 1 aliphatic rings. The largest absolute Gasteiger partial charge is 0.357 e. The Kier molecular flexibility index (Phi) is 6.80. The van der Waals surface area contributed by atoms with Gasteiger partial charge in [-0.05, 0) is 27.1 Å². The molecule has 0 saturated carbocycles. The zero-order valence-electron chi connectivity index (χ0n) is 17.3. The van der Waals surface area contributed by atoms with Crippen LogP contribution >= 0.6 is 0 Å². The van der Waals surface area contributed by atoms with E-state index >= 15 is 0 Å². The molecule has 1 saturated heterocycles. The van der Waals surface area contributed by atoms with Crippen LogP contribution in [0.15, 0.2) is 35.8 Å². The summed E-state index contributed by atoms with van der Waals surface area (Å²) in [6, 6.07) is 2.04. The van der Waals surface area contributed by atoms with E-state index in [9.17, 15) is 0 Å². The number of hydrogen-bond acceptors (Lipinski definition) is 6. The van der Waals surface area contributed by atoms with E-state index in [-0.39, 0.29) is 6.04 Å². The summed E-state index contributed by atoms with van der Waals surface area (Å²) in [6.07, 6.45) is 7.57. The zero-order valence-corrected chi connectivity index (χ0v) is 17.3. The molecule has 3 heterocycles. The van der Waals surface area contributed by atoms with Crippen molar-refractivity contribution >= 4 is 11.9 Å². The molecule has 0 aromatic carbocycles. The van der Waals surface area contributed by atoms with E-state index < -0.39 is 0 Å². The second-order valence-electron chi connectivity index (χ2n) is 7.14. The second-order valence-corrected chi connectivity index (χ2v) is 7.14. The second kappa shape index (κ2) is 9.50. The van der Waals surface area contributed by atoms with Crippen LogP contribution in [0.2, 0.25) is 0 Å². The van der Waals surface area contributed by atoms with Crippen LogP contribution in [-0.4, -0.2) is 88.9 Å². The van der Waals surface area contributed by atoms with E-state index in [0.29, 0.717) is 6.54 Å². The number of aliphatic imine (C=N–C) groups is 1. The van der Waals surface area contributed by atoms with Crippen molar-refractivity contribution in [3.63, 3.8) is 0 Å². The molecule has 0 aliphatic carbocycles. The predicted octanol–water partition coefficient (Wildman–Crippen LogP) is 0.601. The van der Waals surface area contributed by atoms with E-state index in [1.165, 1.54) is 5.56 Å². The van der Waals surface area contributed by atoms with Crippen LogP contribution in [-0.2, 0) is 7.05 Å². The molecule has 2 aromatic heterocycles.